The van der Waals surface area contributed by atoms with E-state index in [0.29, 0.717) is 5.66 Å². The topological polar surface area (TPSA) is 0 Å². The first kappa shape index (κ1) is 30.4. The van der Waals surface area contributed by atoms with Gasteiger partial charge in [0.05, 0.1) is 0 Å². The molecule has 0 unspecified atom stereocenters. The highest BCUT2D eigenvalue weighted by Gasteiger charge is 2.43. The Kier molecular flexibility index (Phi) is 8.66. The molecule has 221 valence electrons. The second kappa shape index (κ2) is 12.8. The van der Waals surface area contributed by atoms with Crippen LogP contribution in [0.15, 0.2) is 121 Å². The van der Waals surface area contributed by atoms with Gasteiger partial charge in [-0.25, -0.2) is 0 Å². The SMILES string of the molecule is Cc1cc(C)cc(P(c2cc(C)cc(C)c2)[C@H](C)[C]2[CH][CH][CH][C]2P(c2cccc3ccccc23)c2cccc3ccccc23)c1. The molecule has 7 rings (SSSR count). The van der Waals surface area contributed by atoms with Crippen molar-refractivity contribution < 1.29 is 0 Å². The van der Waals surface area contributed by atoms with Crippen LogP contribution in [-0.4, -0.2) is 5.66 Å². The van der Waals surface area contributed by atoms with E-state index in [9.17, 15) is 0 Å². The molecule has 0 heterocycles. The van der Waals surface area contributed by atoms with E-state index in [-0.39, 0.29) is 0 Å². The van der Waals surface area contributed by atoms with Gasteiger partial charge in [0, 0.05) is 5.66 Å². The average Bonchev–Trinajstić information content (AvgIpc) is 3.50. The fourth-order valence-corrected chi connectivity index (χ4v) is 13.2. The fraction of sp³-hybridized carbons (Fsp3) is 0.140. The van der Waals surface area contributed by atoms with Crippen molar-refractivity contribution in [3.63, 3.8) is 0 Å². The van der Waals surface area contributed by atoms with Gasteiger partial charge in [-0.1, -0.05) is 151 Å². The van der Waals surface area contributed by atoms with Crippen molar-refractivity contribution in [1.82, 2.24) is 0 Å². The summed E-state index contributed by atoms with van der Waals surface area (Å²) in [6, 6.07) is 46.0. The smallest absolute Gasteiger partial charge is 0.0202 e. The molecule has 1 saturated carbocycles. The lowest BCUT2D eigenvalue weighted by atomic mass is 10.0. The minimum absolute atomic E-state index is 0.336. The molecule has 0 nitrogen and oxygen atoms in total. The molecule has 0 spiro atoms. The van der Waals surface area contributed by atoms with Crippen molar-refractivity contribution >= 4 is 58.6 Å². The van der Waals surface area contributed by atoms with Crippen LogP contribution < -0.4 is 21.2 Å². The Morgan fingerprint density at radius 1 is 0.489 bits per heavy atom. The number of fused-ring (bicyclic) bond motifs is 2. The van der Waals surface area contributed by atoms with Gasteiger partial charge in [-0.3, -0.25) is 0 Å². The van der Waals surface area contributed by atoms with Gasteiger partial charge in [0.2, 0.25) is 0 Å². The monoisotopic (exact) mass is 617 g/mol. The number of benzene rings is 6. The average molecular weight is 618 g/mol. The summed E-state index contributed by atoms with van der Waals surface area (Å²) in [5, 5.41) is 11.1. The molecular formula is C43H39P2. The van der Waals surface area contributed by atoms with E-state index in [1.54, 1.807) is 0 Å². The molecule has 6 aromatic carbocycles. The first-order valence-electron chi connectivity index (χ1n) is 15.8. The molecular weight excluding hydrogens is 578 g/mol. The highest BCUT2D eigenvalue weighted by molar-refractivity contribution is 7.77. The Labute approximate surface area is 272 Å². The number of hydrogen-bond acceptors (Lipinski definition) is 0. The first-order chi connectivity index (χ1) is 21.9. The zero-order chi connectivity index (χ0) is 31.1. The van der Waals surface area contributed by atoms with Crippen molar-refractivity contribution in [3.8, 4) is 0 Å². The summed E-state index contributed by atoms with van der Waals surface area (Å²) in [4.78, 5) is 0. The van der Waals surface area contributed by atoms with E-state index in [1.165, 1.54) is 76.6 Å². The lowest BCUT2D eigenvalue weighted by Gasteiger charge is -2.37. The highest BCUT2D eigenvalue weighted by atomic mass is 31.1. The van der Waals surface area contributed by atoms with E-state index in [0.717, 1.165) is 0 Å². The van der Waals surface area contributed by atoms with Crippen molar-refractivity contribution in [1.29, 1.82) is 0 Å². The molecule has 1 aliphatic carbocycles. The van der Waals surface area contributed by atoms with Crippen LogP contribution in [0.3, 0.4) is 0 Å². The van der Waals surface area contributed by atoms with Crippen molar-refractivity contribution in [2.24, 2.45) is 0 Å². The van der Waals surface area contributed by atoms with Gasteiger partial charge in [-0.2, -0.15) is 0 Å². The van der Waals surface area contributed by atoms with Crippen LogP contribution in [-0.2, 0) is 0 Å². The molecule has 0 aromatic heterocycles. The summed E-state index contributed by atoms with van der Waals surface area (Å²) >= 11 is 0. The number of rotatable bonds is 7. The number of hydrogen-bond donors (Lipinski definition) is 0. The highest BCUT2D eigenvalue weighted by Crippen LogP contribution is 2.62. The summed E-state index contributed by atoms with van der Waals surface area (Å²) in [6.07, 6.45) is 7.16. The van der Waals surface area contributed by atoms with Crippen LogP contribution in [0.2, 0.25) is 0 Å². The Hall–Kier alpha value is -3.30. The molecule has 6 aromatic rings. The van der Waals surface area contributed by atoms with Crippen molar-refractivity contribution in [2.45, 2.75) is 40.3 Å². The minimum Gasteiger partial charge on any atom is -0.0616 e. The van der Waals surface area contributed by atoms with Crippen LogP contribution in [0, 0.1) is 58.5 Å². The maximum absolute atomic E-state index is 2.49. The third kappa shape index (κ3) is 6.01. The van der Waals surface area contributed by atoms with E-state index >= 15 is 0 Å². The normalized spacial score (nSPS) is 15.1. The second-order valence-electron chi connectivity index (χ2n) is 12.4. The van der Waals surface area contributed by atoms with E-state index in [4.69, 9.17) is 0 Å². The largest absolute Gasteiger partial charge is 0.0616 e. The standard InChI is InChI=1S/C43H39P2/c1-29-23-30(2)26-36(25-29)44(37-27-31(3)24-32(4)28-37)33(5)38-19-12-22-41(38)45(42-20-10-15-34-13-6-8-17-39(34)42)43-21-11-16-35-14-7-9-18-40(35)43/h6-28,33H,1-5H3/t33-/m1/s1. The zero-order valence-corrected chi connectivity index (χ0v) is 28.5. The van der Waals surface area contributed by atoms with Gasteiger partial charge >= 0.3 is 0 Å². The van der Waals surface area contributed by atoms with E-state index in [2.05, 4.69) is 175 Å². The molecule has 0 saturated heterocycles. The molecule has 0 N–H and O–H groups in total. The van der Waals surface area contributed by atoms with Gasteiger partial charge in [0.15, 0.2) is 0 Å². The predicted octanol–water partition coefficient (Wildman–Crippen LogP) is 9.91. The summed E-state index contributed by atoms with van der Waals surface area (Å²) in [6.45, 7) is 11.4. The van der Waals surface area contributed by atoms with Crippen LogP contribution in [0.1, 0.15) is 29.2 Å². The lowest BCUT2D eigenvalue weighted by Crippen LogP contribution is -2.29. The summed E-state index contributed by atoms with van der Waals surface area (Å²) in [5.74, 6) is 1.48. The zero-order valence-electron chi connectivity index (χ0n) is 26.8. The number of aryl methyl sites for hydroxylation is 4. The molecule has 5 radical (unpaired) electrons. The van der Waals surface area contributed by atoms with Crippen molar-refractivity contribution in [3.05, 3.63) is 174 Å². The van der Waals surface area contributed by atoms with Gasteiger partial charge in [0.1, 0.15) is 0 Å². The van der Waals surface area contributed by atoms with Crippen LogP contribution in [0.25, 0.3) is 21.5 Å². The van der Waals surface area contributed by atoms with E-state index < -0.39 is 15.8 Å². The molecule has 45 heavy (non-hydrogen) atoms. The fourth-order valence-electron chi connectivity index (χ4n) is 7.09. The molecule has 1 aliphatic rings. The van der Waals surface area contributed by atoms with Gasteiger partial charge in [0.25, 0.3) is 0 Å². The van der Waals surface area contributed by atoms with E-state index in [1.807, 2.05) is 0 Å². The summed E-state index contributed by atoms with van der Waals surface area (Å²) < 4.78 is 0. The molecule has 1 atom stereocenters. The summed E-state index contributed by atoms with van der Waals surface area (Å²) in [5.41, 5.74) is 7.17. The van der Waals surface area contributed by atoms with Gasteiger partial charge in [-0.05, 0) is 117 Å². The maximum atomic E-state index is 2.49. The second-order valence-corrected chi connectivity index (χ2v) is 17.1. The molecule has 2 heteroatoms. The minimum atomic E-state index is -0.839. The Morgan fingerprint density at radius 3 is 1.42 bits per heavy atom. The predicted molar refractivity (Wildman–Crippen MR) is 201 cm³/mol. The Bertz CT molecular complexity index is 1810. The molecule has 0 bridgehead atoms. The maximum Gasteiger partial charge on any atom is 0.0202 e. The van der Waals surface area contributed by atoms with Crippen LogP contribution >= 0.6 is 15.8 Å². The van der Waals surface area contributed by atoms with Crippen molar-refractivity contribution in [2.75, 3.05) is 0 Å². The molecule has 0 amide bonds. The quantitative estimate of drug-likeness (QED) is 0.157. The molecule has 1 fully saturated rings. The van der Waals surface area contributed by atoms with Gasteiger partial charge in [-0.15, -0.1) is 0 Å². The van der Waals surface area contributed by atoms with Crippen LogP contribution in [0.4, 0.5) is 0 Å². The van der Waals surface area contributed by atoms with Gasteiger partial charge < -0.3 is 0 Å². The third-order valence-corrected chi connectivity index (χ3v) is 14.2. The van der Waals surface area contributed by atoms with Crippen LogP contribution in [0.5, 0.6) is 0 Å². The summed E-state index contributed by atoms with van der Waals surface area (Å²) in [7, 11) is -1.50. The Balaban J connectivity index is 1.41. The third-order valence-electron chi connectivity index (χ3n) is 8.89. The molecule has 0 aliphatic heterocycles. The Morgan fingerprint density at radius 2 is 0.933 bits per heavy atom. The lowest BCUT2D eigenvalue weighted by molar-refractivity contribution is 1.00. The first-order valence-corrected chi connectivity index (χ1v) is 18.6.